The van der Waals surface area contributed by atoms with Crippen molar-refractivity contribution in [2.24, 2.45) is 0 Å². The van der Waals surface area contributed by atoms with Crippen molar-refractivity contribution >= 4 is 23.6 Å². The molecule has 19 heavy (non-hydrogen) atoms. The quantitative estimate of drug-likeness (QED) is 0.761. The van der Waals surface area contributed by atoms with E-state index in [1.54, 1.807) is 24.2 Å². The van der Waals surface area contributed by atoms with Crippen LogP contribution in [-0.2, 0) is 14.3 Å². The van der Waals surface area contributed by atoms with Gasteiger partial charge < -0.3 is 10.1 Å². The second kappa shape index (κ2) is 6.53. The maximum absolute atomic E-state index is 11.8. The first-order valence-corrected chi connectivity index (χ1v) is 6.87. The molecule has 1 saturated heterocycles. The van der Waals surface area contributed by atoms with E-state index >= 15 is 0 Å². The Morgan fingerprint density at radius 3 is 3.16 bits per heavy atom. The predicted molar refractivity (Wildman–Crippen MR) is 71.4 cm³/mol. The van der Waals surface area contributed by atoms with Crippen LogP contribution in [0.3, 0.4) is 0 Å². The van der Waals surface area contributed by atoms with Gasteiger partial charge in [0.2, 0.25) is 5.91 Å². The normalized spacial score (nSPS) is 21.9. The third kappa shape index (κ3) is 3.68. The number of hydrogen-bond acceptors (Lipinski definition) is 6. The summed E-state index contributed by atoms with van der Waals surface area (Å²) in [5, 5.41) is 5.81. The van der Waals surface area contributed by atoms with E-state index in [1.807, 2.05) is 12.1 Å². The second-order valence-electron chi connectivity index (χ2n) is 4.01. The molecule has 1 aliphatic heterocycles. The van der Waals surface area contributed by atoms with E-state index in [-0.39, 0.29) is 23.9 Å². The van der Waals surface area contributed by atoms with Crippen LogP contribution in [0.2, 0.25) is 0 Å². The van der Waals surface area contributed by atoms with Crippen LogP contribution in [0.4, 0.5) is 0 Å². The minimum atomic E-state index is -0.456. The number of carbonyl (C=O) groups excluding carboxylic acids is 2. The first kappa shape index (κ1) is 13.8. The highest BCUT2D eigenvalue weighted by atomic mass is 32.2. The number of nitrogens with one attached hydrogen (secondary N) is 2. The summed E-state index contributed by atoms with van der Waals surface area (Å²) in [7, 11) is 1.29. The lowest BCUT2D eigenvalue weighted by atomic mass is 10.2. The topological polar surface area (TPSA) is 80.3 Å². The molecule has 1 unspecified atom stereocenters. The van der Waals surface area contributed by atoms with E-state index in [0.29, 0.717) is 5.75 Å². The summed E-state index contributed by atoms with van der Waals surface area (Å²) in [6.07, 6.45) is 3.49. The Morgan fingerprint density at radius 2 is 2.47 bits per heavy atom. The molecule has 2 rings (SSSR count). The standard InChI is InChI=1S/C12H15N3O3S/c1-18-10(16)6-14-11(17)9-7-19-12(15-9)8-3-2-4-13-5-8/h2-5,9,12,15H,6-7H2,1H3,(H,14,17)/t9-,12?/m0/s1. The first-order valence-electron chi connectivity index (χ1n) is 5.83. The van der Waals surface area contributed by atoms with E-state index in [0.717, 1.165) is 5.56 Å². The lowest BCUT2D eigenvalue weighted by Gasteiger charge is -2.13. The number of aromatic nitrogens is 1. The van der Waals surface area contributed by atoms with Gasteiger partial charge in [-0.15, -0.1) is 11.8 Å². The number of hydrogen-bond donors (Lipinski definition) is 2. The summed E-state index contributed by atoms with van der Waals surface area (Å²) in [5.41, 5.74) is 1.04. The molecule has 1 aliphatic rings. The summed E-state index contributed by atoms with van der Waals surface area (Å²) in [5.74, 6) is 0.0131. The molecule has 0 bridgehead atoms. The SMILES string of the molecule is COC(=O)CNC(=O)[C@@H]1CSC(c2cccnc2)N1. The van der Waals surface area contributed by atoms with Gasteiger partial charge in [0.15, 0.2) is 0 Å². The number of esters is 1. The number of thioether (sulfide) groups is 1. The van der Waals surface area contributed by atoms with Gasteiger partial charge in [-0.2, -0.15) is 0 Å². The molecule has 1 amide bonds. The van der Waals surface area contributed by atoms with Gasteiger partial charge in [-0.05, 0) is 11.6 Å². The minimum absolute atomic E-state index is 0.0579. The highest BCUT2D eigenvalue weighted by Crippen LogP contribution is 2.32. The molecule has 2 heterocycles. The van der Waals surface area contributed by atoms with Gasteiger partial charge in [0, 0.05) is 18.1 Å². The molecular weight excluding hydrogens is 266 g/mol. The van der Waals surface area contributed by atoms with Crippen LogP contribution in [0.5, 0.6) is 0 Å². The fourth-order valence-electron chi connectivity index (χ4n) is 1.70. The summed E-state index contributed by atoms with van der Waals surface area (Å²) in [4.78, 5) is 26.8. The molecular formula is C12H15N3O3S. The lowest BCUT2D eigenvalue weighted by molar-refractivity contribution is -0.141. The average molecular weight is 281 g/mol. The number of ether oxygens (including phenoxy) is 1. The summed E-state index contributed by atoms with van der Waals surface area (Å²) >= 11 is 1.64. The van der Waals surface area contributed by atoms with E-state index in [1.165, 1.54) is 7.11 Å². The zero-order valence-corrected chi connectivity index (χ0v) is 11.3. The Hall–Kier alpha value is -1.60. The monoisotopic (exact) mass is 281 g/mol. The van der Waals surface area contributed by atoms with E-state index in [4.69, 9.17) is 0 Å². The van der Waals surface area contributed by atoms with E-state index < -0.39 is 5.97 Å². The van der Waals surface area contributed by atoms with Crippen LogP contribution in [0.25, 0.3) is 0 Å². The zero-order chi connectivity index (χ0) is 13.7. The average Bonchev–Trinajstić information content (AvgIpc) is 2.95. The van der Waals surface area contributed by atoms with Gasteiger partial charge in [-0.3, -0.25) is 19.9 Å². The van der Waals surface area contributed by atoms with Crippen molar-refractivity contribution in [2.75, 3.05) is 19.4 Å². The van der Waals surface area contributed by atoms with Crippen LogP contribution in [0.1, 0.15) is 10.9 Å². The molecule has 102 valence electrons. The fraction of sp³-hybridized carbons (Fsp3) is 0.417. The molecule has 0 radical (unpaired) electrons. The Labute approximate surface area is 115 Å². The van der Waals surface area contributed by atoms with Crippen molar-refractivity contribution in [1.82, 2.24) is 15.6 Å². The zero-order valence-electron chi connectivity index (χ0n) is 10.5. The van der Waals surface area contributed by atoms with Gasteiger partial charge in [-0.25, -0.2) is 0 Å². The molecule has 1 aromatic rings. The summed E-state index contributed by atoms with van der Waals surface area (Å²) in [6, 6.07) is 3.52. The van der Waals surface area contributed by atoms with Crippen molar-refractivity contribution in [3.05, 3.63) is 30.1 Å². The molecule has 0 aliphatic carbocycles. The number of amides is 1. The first-order chi connectivity index (χ1) is 9.20. The Kier molecular flexibility index (Phi) is 4.75. The fourth-order valence-corrected chi connectivity index (χ4v) is 2.93. The van der Waals surface area contributed by atoms with Crippen molar-refractivity contribution in [1.29, 1.82) is 0 Å². The maximum Gasteiger partial charge on any atom is 0.325 e. The third-order valence-electron chi connectivity index (χ3n) is 2.72. The molecule has 1 aromatic heterocycles. The van der Waals surface area contributed by atoms with Crippen LogP contribution in [-0.4, -0.2) is 42.3 Å². The number of nitrogens with zero attached hydrogens (tertiary/aromatic N) is 1. The molecule has 0 aromatic carbocycles. The van der Waals surface area contributed by atoms with Gasteiger partial charge in [-0.1, -0.05) is 6.07 Å². The van der Waals surface area contributed by atoms with Crippen molar-refractivity contribution in [2.45, 2.75) is 11.4 Å². The van der Waals surface area contributed by atoms with Gasteiger partial charge in [0.1, 0.15) is 6.54 Å². The number of pyridine rings is 1. The molecule has 0 spiro atoms. The predicted octanol–water partition coefficient (Wildman–Crippen LogP) is 0.0744. The number of carbonyl (C=O) groups is 2. The van der Waals surface area contributed by atoms with Gasteiger partial charge in [0.05, 0.1) is 18.5 Å². The molecule has 6 nitrogen and oxygen atoms in total. The third-order valence-corrected chi connectivity index (χ3v) is 3.99. The van der Waals surface area contributed by atoms with Crippen molar-refractivity contribution in [3.8, 4) is 0 Å². The molecule has 7 heteroatoms. The summed E-state index contributed by atoms with van der Waals surface area (Å²) < 4.78 is 4.47. The summed E-state index contributed by atoms with van der Waals surface area (Å²) in [6.45, 7) is -0.101. The highest BCUT2D eigenvalue weighted by molar-refractivity contribution is 7.99. The lowest BCUT2D eigenvalue weighted by Crippen LogP contribution is -2.44. The van der Waals surface area contributed by atoms with Gasteiger partial charge in [0.25, 0.3) is 0 Å². The van der Waals surface area contributed by atoms with Crippen LogP contribution >= 0.6 is 11.8 Å². The smallest absolute Gasteiger partial charge is 0.325 e. The molecule has 0 saturated carbocycles. The van der Waals surface area contributed by atoms with Crippen LogP contribution in [0.15, 0.2) is 24.5 Å². The molecule has 1 fully saturated rings. The van der Waals surface area contributed by atoms with Gasteiger partial charge >= 0.3 is 5.97 Å². The van der Waals surface area contributed by atoms with Crippen molar-refractivity contribution < 1.29 is 14.3 Å². The van der Waals surface area contributed by atoms with E-state index in [2.05, 4.69) is 20.4 Å². The molecule has 2 atom stereocenters. The second-order valence-corrected chi connectivity index (χ2v) is 5.15. The Balaban J connectivity index is 1.85. The number of rotatable bonds is 4. The van der Waals surface area contributed by atoms with Crippen molar-refractivity contribution in [3.63, 3.8) is 0 Å². The largest absolute Gasteiger partial charge is 0.468 e. The van der Waals surface area contributed by atoms with Crippen LogP contribution in [0, 0.1) is 0 Å². The minimum Gasteiger partial charge on any atom is -0.468 e. The van der Waals surface area contributed by atoms with Crippen LogP contribution < -0.4 is 10.6 Å². The Bertz CT molecular complexity index is 455. The van der Waals surface area contributed by atoms with E-state index in [9.17, 15) is 9.59 Å². The number of methoxy groups -OCH3 is 1. The highest BCUT2D eigenvalue weighted by Gasteiger charge is 2.30. The Morgan fingerprint density at radius 1 is 1.63 bits per heavy atom. The maximum atomic E-state index is 11.8. The molecule has 2 N–H and O–H groups in total.